The Balaban J connectivity index is 1.99. The molecule has 2 aromatic rings. The molecule has 0 unspecified atom stereocenters. The molecule has 0 N–H and O–H groups in total. The molecule has 1 aliphatic rings. The van der Waals surface area contributed by atoms with Gasteiger partial charge in [-0.25, -0.2) is 4.98 Å². The lowest BCUT2D eigenvalue weighted by Crippen LogP contribution is -2.29. The number of hydrogen-bond acceptors (Lipinski definition) is 4. The van der Waals surface area contributed by atoms with E-state index in [1.54, 1.807) is 12.1 Å². The van der Waals surface area contributed by atoms with Crippen LogP contribution in [0.3, 0.4) is 0 Å². The van der Waals surface area contributed by atoms with Crippen LogP contribution in [0, 0.1) is 6.92 Å². The molecule has 2 heterocycles. The van der Waals surface area contributed by atoms with Gasteiger partial charge >= 0.3 is 0 Å². The number of rotatable bonds is 2. The highest BCUT2D eigenvalue weighted by molar-refractivity contribution is 7.09. The summed E-state index contributed by atoms with van der Waals surface area (Å²) in [5.74, 6) is -1.03. The molecule has 1 aromatic carbocycles. The van der Waals surface area contributed by atoms with Gasteiger partial charge in [-0.3, -0.25) is 14.5 Å². The maximum absolute atomic E-state index is 12.0. The Bertz CT molecular complexity index is 696. The van der Waals surface area contributed by atoms with Crippen LogP contribution in [0.1, 0.15) is 21.1 Å². The number of Topliss-reactive ketones (excluding diaryl/α,β-unsaturated/α-hetero) is 1. The number of halogens is 1. The molecule has 3 rings (SSSR count). The monoisotopic (exact) mass is 292 g/mol. The normalized spacial score (nSPS) is 14.1. The van der Waals surface area contributed by atoms with Gasteiger partial charge in [-0.2, -0.15) is 0 Å². The fourth-order valence-electron chi connectivity index (χ4n) is 2.07. The Labute approximate surface area is 118 Å². The molecule has 1 amide bonds. The summed E-state index contributed by atoms with van der Waals surface area (Å²) in [6, 6.07) is 4.90. The van der Waals surface area contributed by atoms with Crippen molar-refractivity contribution in [2.45, 2.75) is 13.5 Å². The second-order valence-electron chi connectivity index (χ2n) is 4.24. The van der Waals surface area contributed by atoms with E-state index in [2.05, 4.69) is 4.98 Å². The Morgan fingerprint density at radius 1 is 1.37 bits per heavy atom. The molecule has 0 radical (unpaired) electrons. The first-order valence-corrected chi connectivity index (χ1v) is 6.89. The Hall–Kier alpha value is -1.72. The first kappa shape index (κ1) is 12.3. The van der Waals surface area contributed by atoms with Gasteiger partial charge in [-0.15, -0.1) is 11.3 Å². The first-order chi connectivity index (χ1) is 9.06. The highest BCUT2D eigenvalue weighted by Crippen LogP contribution is 2.32. The van der Waals surface area contributed by atoms with E-state index < -0.39 is 11.7 Å². The number of anilines is 1. The van der Waals surface area contributed by atoms with Crippen LogP contribution in [0.5, 0.6) is 0 Å². The van der Waals surface area contributed by atoms with Gasteiger partial charge in [0.25, 0.3) is 11.7 Å². The SMILES string of the molecule is Cc1nc(CN2C(=O)C(=O)c3cc(Cl)ccc32)cs1. The average Bonchev–Trinajstić information content (AvgIpc) is 2.88. The zero-order chi connectivity index (χ0) is 13.6. The maximum atomic E-state index is 12.0. The first-order valence-electron chi connectivity index (χ1n) is 5.63. The quantitative estimate of drug-likeness (QED) is 0.800. The Morgan fingerprint density at radius 3 is 2.84 bits per heavy atom. The summed E-state index contributed by atoms with van der Waals surface area (Å²) in [6.07, 6.45) is 0. The summed E-state index contributed by atoms with van der Waals surface area (Å²) < 4.78 is 0. The molecule has 0 saturated carbocycles. The number of thiazole rings is 1. The molecule has 0 saturated heterocycles. The minimum atomic E-state index is -0.525. The zero-order valence-electron chi connectivity index (χ0n) is 10.0. The predicted octanol–water partition coefficient (Wildman–Crippen LogP) is 2.83. The third kappa shape index (κ3) is 2.05. The molecule has 0 fully saturated rings. The van der Waals surface area contributed by atoms with Crippen molar-refractivity contribution in [3.05, 3.63) is 44.9 Å². The minimum Gasteiger partial charge on any atom is -0.299 e. The highest BCUT2D eigenvalue weighted by atomic mass is 35.5. The molecule has 19 heavy (non-hydrogen) atoms. The van der Waals surface area contributed by atoms with E-state index in [4.69, 9.17) is 11.6 Å². The molecule has 0 spiro atoms. The van der Waals surface area contributed by atoms with Crippen molar-refractivity contribution >= 4 is 40.3 Å². The summed E-state index contributed by atoms with van der Waals surface area (Å²) in [4.78, 5) is 29.6. The van der Waals surface area contributed by atoms with Gasteiger partial charge in [0, 0.05) is 10.4 Å². The van der Waals surface area contributed by atoms with Crippen molar-refractivity contribution in [3.63, 3.8) is 0 Å². The van der Waals surface area contributed by atoms with Gasteiger partial charge in [-0.1, -0.05) is 11.6 Å². The van der Waals surface area contributed by atoms with Gasteiger partial charge in [-0.05, 0) is 25.1 Å². The summed E-state index contributed by atoms with van der Waals surface area (Å²) in [7, 11) is 0. The van der Waals surface area contributed by atoms with Gasteiger partial charge < -0.3 is 0 Å². The molecule has 6 heteroatoms. The lowest BCUT2D eigenvalue weighted by atomic mass is 10.1. The van der Waals surface area contributed by atoms with E-state index in [1.165, 1.54) is 22.3 Å². The van der Waals surface area contributed by atoms with Crippen molar-refractivity contribution in [1.82, 2.24) is 4.98 Å². The molecule has 0 bridgehead atoms. The van der Waals surface area contributed by atoms with Crippen molar-refractivity contribution < 1.29 is 9.59 Å². The van der Waals surface area contributed by atoms with Gasteiger partial charge in [0.15, 0.2) is 0 Å². The van der Waals surface area contributed by atoms with Crippen molar-refractivity contribution in [2.24, 2.45) is 0 Å². The molecule has 96 valence electrons. The van der Waals surface area contributed by atoms with E-state index in [9.17, 15) is 9.59 Å². The third-order valence-electron chi connectivity index (χ3n) is 2.92. The summed E-state index contributed by atoms with van der Waals surface area (Å²) >= 11 is 7.37. The Morgan fingerprint density at radius 2 is 2.16 bits per heavy atom. The second kappa shape index (κ2) is 4.43. The zero-order valence-corrected chi connectivity index (χ0v) is 11.6. The van der Waals surface area contributed by atoms with E-state index in [0.717, 1.165) is 10.7 Å². The van der Waals surface area contributed by atoms with Crippen molar-refractivity contribution in [2.75, 3.05) is 4.90 Å². The van der Waals surface area contributed by atoms with E-state index in [-0.39, 0.29) is 0 Å². The number of carbonyl (C=O) groups is 2. The number of carbonyl (C=O) groups excluding carboxylic acids is 2. The van der Waals surface area contributed by atoms with Crippen LogP contribution in [-0.4, -0.2) is 16.7 Å². The number of nitrogens with zero attached hydrogens (tertiary/aromatic N) is 2. The third-order valence-corrected chi connectivity index (χ3v) is 3.98. The average molecular weight is 293 g/mol. The van der Waals surface area contributed by atoms with E-state index >= 15 is 0 Å². The topological polar surface area (TPSA) is 50.3 Å². The molecule has 4 nitrogen and oxygen atoms in total. The highest BCUT2D eigenvalue weighted by Gasteiger charge is 2.36. The number of aromatic nitrogens is 1. The standard InChI is InChI=1S/C13H9ClN2O2S/c1-7-15-9(6-19-7)5-16-11-3-2-8(14)4-10(11)12(17)13(16)18/h2-4,6H,5H2,1H3. The second-order valence-corrected chi connectivity index (χ2v) is 5.74. The van der Waals surface area contributed by atoms with Gasteiger partial charge in [0.05, 0.1) is 28.5 Å². The number of benzene rings is 1. The number of aryl methyl sites for hydroxylation is 1. The molecule has 1 aromatic heterocycles. The largest absolute Gasteiger partial charge is 0.299 e. The predicted molar refractivity (Wildman–Crippen MR) is 73.8 cm³/mol. The summed E-state index contributed by atoms with van der Waals surface area (Å²) in [6.45, 7) is 2.21. The van der Waals surface area contributed by atoms with Crippen LogP contribution in [0.25, 0.3) is 0 Å². The van der Waals surface area contributed by atoms with Crippen LogP contribution in [0.2, 0.25) is 5.02 Å². The molecular weight excluding hydrogens is 284 g/mol. The van der Waals surface area contributed by atoms with Gasteiger partial charge in [0.1, 0.15) is 0 Å². The number of fused-ring (bicyclic) bond motifs is 1. The van der Waals surface area contributed by atoms with Crippen LogP contribution in [0.15, 0.2) is 23.6 Å². The summed E-state index contributed by atoms with van der Waals surface area (Å²) in [5.41, 5.74) is 1.75. The smallest absolute Gasteiger partial charge is 0.299 e. The number of ketones is 1. The molecule has 0 atom stereocenters. The van der Waals surface area contributed by atoms with Crippen LogP contribution < -0.4 is 4.90 Å². The fraction of sp³-hybridized carbons (Fsp3) is 0.154. The fourth-order valence-corrected chi connectivity index (χ4v) is 2.85. The molecule has 1 aliphatic heterocycles. The molecule has 0 aliphatic carbocycles. The Kier molecular flexibility index (Phi) is 2.88. The summed E-state index contributed by atoms with van der Waals surface area (Å²) in [5, 5.41) is 3.27. The van der Waals surface area contributed by atoms with Crippen molar-refractivity contribution in [1.29, 1.82) is 0 Å². The van der Waals surface area contributed by atoms with Crippen LogP contribution in [0.4, 0.5) is 5.69 Å². The minimum absolute atomic E-state index is 0.309. The van der Waals surface area contributed by atoms with Crippen LogP contribution >= 0.6 is 22.9 Å². The van der Waals surface area contributed by atoms with Gasteiger partial charge in [0.2, 0.25) is 0 Å². The van der Waals surface area contributed by atoms with E-state index in [0.29, 0.717) is 22.8 Å². The van der Waals surface area contributed by atoms with Crippen molar-refractivity contribution in [3.8, 4) is 0 Å². The van der Waals surface area contributed by atoms with E-state index in [1.807, 2.05) is 12.3 Å². The molecular formula is C13H9ClN2O2S. The maximum Gasteiger partial charge on any atom is 0.299 e. The lowest BCUT2D eigenvalue weighted by molar-refractivity contribution is -0.114. The number of amides is 1. The number of hydrogen-bond donors (Lipinski definition) is 0. The lowest BCUT2D eigenvalue weighted by Gasteiger charge is -2.14. The van der Waals surface area contributed by atoms with Crippen LogP contribution in [-0.2, 0) is 11.3 Å².